The maximum Gasteiger partial charge on any atom is 0 e. The van der Waals surface area contributed by atoms with Gasteiger partial charge in [0.05, 0.1) is 0 Å². The van der Waals surface area contributed by atoms with E-state index in [9.17, 15) is 0 Å². The summed E-state index contributed by atoms with van der Waals surface area (Å²) in [6, 6.07) is 0. The van der Waals surface area contributed by atoms with Gasteiger partial charge in [0.2, 0.25) is 0 Å². The molecule has 0 unspecified atom stereocenters. The van der Waals surface area contributed by atoms with Crippen LogP contribution in [0.3, 0.4) is 0 Å². The van der Waals surface area contributed by atoms with Gasteiger partial charge in [-0.05, 0) is 0 Å². The topological polar surface area (TPSA) is 0 Å². The second kappa shape index (κ2) is 17.3. The van der Waals surface area contributed by atoms with Gasteiger partial charge in [0.15, 0.2) is 0 Å². The van der Waals surface area contributed by atoms with E-state index < -0.39 is 0 Å². The van der Waals surface area contributed by atoms with Gasteiger partial charge in [0, 0.05) is 37.8 Å². The standard InChI is InChI=1S/Co.Nb.Ta.W. The van der Waals surface area contributed by atoms with Crippen LogP contribution in [0, 0.1) is 0 Å². The van der Waals surface area contributed by atoms with Crippen molar-refractivity contribution in [3.63, 3.8) is 0 Å². The summed E-state index contributed by atoms with van der Waals surface area (Å²) in [5, 5.41) is 0. The minimum absolute atomic E-state index is 0. The van der Waals surface area contributed by atoms with Gasteiger partial charge in [-0.25, -0.2) is 0 Å². The molecule has 0 saturated carbocycles. The van der Waals surface area contributed by atoms with Crippen LogP contribution >= 0.6 is 0 Å². The monoisotopic (exact) mass is 517 g/mol. The molecule has 0 aliphatic carbocycles. The predicted molar refractivity (Wildman–Crippen MR) is 0 cm³/mol. The Morgan fingerprint density at radius 3 is 1.25 bits per heavy atom. The Kier molecular flexibility index (Phi) is 69.0. The van der Waals surface area contributed by atoms with Gasteiger partial charge in [-0.3, -0.25) is 0 Å². The normalized spacial score (nSPS) is 1.00. The minimum Gasteiger partial charge on any atom is 0 e. The average Bonchev–Trinajstić information content (AvgIpc) is 1.00. The first-order valence-electron chi connectivity index (χ1n) is 0.200. The van der Waals surface area contributed by atoms with Crippen LogP contribution < -0.4 is 0 Å². The molecule has 0 spiro atoms. The number of hydrogen-bond acceptors (Lipinski definition) is 0. The molecule has 0 amide bonds. The summed E-state index contributed by atoms with van der Waals surface area (Å²) in [6.07, 6.45) is 0. The van der Waals surface area contributed by atoms with Crippen LogP contribution in [0.1, 0.15) is 0 Å². The molecule has 0 aliphatic heterocycles. The van der Waals surface area contributed by atoms with E-state index in [1.54, 1.807) is 0 Å². The maximum atomic E-state index is 1.86. The van der Waals surface area contributed by atoms with Crippen molar-refractivity contribution in [1.82, 2.24) is 0 Å². The fourth-order valence-electron chi connectivity index (χ4n) is 0. The van der Waals surface area contributed by atoms with Crippen molar-refractivity contribution in [2.24, 2.45) is 0 Å². The van der Waals surface area contributed by atoms with E-state index in [0.717, 1.165) is 0 Å². The van der Waals surface area contributed by atoms with E-state index in [0.29, 0.717) is 0 Å². The zero-order valence-corrected chi connectivity index (χ0v) is 11.0. The van der Waals surface area contributed by atoms with Crippen molar-refractivity contribution in [2.75, 3.05) is 0 Å². The van der Waals surface area contributed by atoms with Gasteiger partial charge in [0.25, 0.3) is 0 Å². The van der Waals surface area contributed by atoms with E-state index in [2.05, 4.69) is 0 Å². The summed E-state index contributed by atoms with van der Waals surface area (Å²) >= 11 is 3.36. The van der Waals surface area contributed by atoms with Crippen molar-refractivity contribution in [3.05, 3.63) is 0 Å². The molecule has 0 fully saturated rings. The van der Waals surface area contributed by atoms with Crippen LogP contribution in [0.25, 0.3) is 0 Å². The molecule has 0 rings (SSSR count). The van der Waals surface area contributed by atoms with Crippen LogP contribution in [-0.4, -0.2) is 0 Å². The smallest absolute Gasteiger partial charge is 0 e. The molecule has 25 valence electrons. The molecule has 0 aliphatic rings. The molecule has 0 aromatic heterocycles. The van der Waals surface area contributed by atoms with Gasteiger partial charge in [0.1, 0.15) is 0 Å². The Morgan fingerprint density at radius 1 is 1.25 bits per heavy atom. The average molecular weight is 517 g/mol. The van der Waals surface area contributed by atoms with Crippen LogP contribution in [0.15, 0.2) is 0 Å². The molecule has 0 aromatic rings. The SMILES string of the molecule is [Co].[Nb][Ta].[W]. The first-order valence-corrected chi connectivity index (χ1v) is 9.69. The molecule has 0 aromatic carbocycles. The largest absolute Gasteiger partial charge is 0 e. The molecule has 4 heavy (non-hydrogen) atoms. The van der Waals surface area contributed by atoms with Gasteiger partial charge in [-0.15, -0.1) is 0 Å². The molecular weight excluding hydrogens is 517 g/mol. The van der Waals surface area contributed by atoms with Gasteiger partial charge < -0.3 is 0 Å². The fraction of sp³-hybridized carbons (Fsp3) is 0. The summed E-state index contributed by atoms with van der Waals surface area (Å²) in [5.74, 6) is 0. The molecule has 0 heterocycles. The van der Waals surface area contributed by atoms with Gasteiger partial charge in [-0.2, -0.15) is 0 Å². The molecule has 0 saturated heterocycles. The minimum atomic E-state index is 0. The zero-order chi connectivity index (χ0) is 2.00. The molecule has 0 bridgehead atoms. The quantitative estimate of drug-likeness (QED) is 0.398. The van der Waals surface area contributed by atoms with Crippen LogP contribution in [-0.2, 0) is 73.1 Å². The molecule has 4 heteroatoms. The van der Waals surface area contributed by atoms with Gasteiger partial charge >= 0.3 is 35.3 Å². The Balaban J connectivity index is -0.00000000500. The third kappa shape index (κ3) is 8.82. The summed E-state index contributed by atoms with van der Waals surface area (Å²) in [7, 11) is 0. The Bertz CT molecular complexity index is 8.00. The summed E-state index contributed by atoms with van der Waals surface area (Å²) in [5.41, 5.74) is 0. The summed E-state index contributed by atoms with van der Waals surface area (Å²) < 4.78 is 0. The molecule has 1 radical (unpaired) electrons. The first kappa shape index (κ1) is 15.9. The molecule has 0 nitrogen and oxygen atoms in total. The third-order valence-corrected chi connectivity index (χ3v) is 0. The van der Waals surface area contributed by atoms with Crippen LogP contribution in [0.5, 0.6) is 0 Å². The number of hydrogen-bond donors (Lipinski definition) is 0. The molecular formula is CoNbTaW. The number of rotatable bonds is 0. The maximum absolute atomic E-state index is 1.86. The van der Waals surface area contributed by atoms with E-state index in [1.807, 2.05) is 17.6 Å². The van der Waals surface area contributed by atoms with Crippen molar-refractivity contribution in [2.45, 2.75) is 0 Å². The van der Waals surface area contributed by atoms with Gasteiger partial charge in [-0.1, -0.05) is 0 Å². The Morgan fingerprint density at radius 2 is 1.25 bits per heavy atom. The van der Waals surface area contributed by atoms with E-state index in [4.69, 9.17) is 0 Å². The first-order chi connectivity index (χ1) is 1.00. The van der Waals surface area contributed by atoms with E-state index in [1.165, 1.54) is 17.6 Å². The van der Waals surface area contributed by atoms with Crippen molar-refractivity contribution >= 4 is 0 Å². The second-order valence-corrected chi connectivity index (χ2v) is 0. The van der Waals surface area contributed by atoms with E-state index >= 15 is 0 Å². The van der Waals surface area contributed by atoms with E-state index in [-0.39, 0.29) is 37.8 Å². The van der Waals surface area contributed by atoms with Crippen molar-refractivity contribution in [1.29, 1.82) is 0 Å². The van der Waals surface area contributed by atoms with Crippen molar-refractivity contribution < 1.29 is 73.1 Å². The zero-order valence-electron chi connectivity index (χ0n) is 1.64. The summed E-state index contributed by atoms with van der Waals surface area (Å²) in [6.45, 7) is 0. The molecule has 0 atom stereocenters. The predicted octanol–water partition coefficient (Wildman–Crippen LogP) is -0.0100. The third-order valence-electron chi connectivity index (χ3n) is 0. The van der Waals surface area contributed by atoms with Crippen molar-refractivity contribution in [3.8, 4) is 0 Å². The van der Waals surface area contributed by atoms with Crippen LogP contribution in [0.2, 0.25) is 0 Å². The second-order valence-electron chi connectivity index (χ2n) is 0. The van der Waals surface area contributed by atoms with Crippen LogP contribution in [0.4, 0.5) is 0 Å². The fourth-order valence-corrected chi connectivity index (χ4v) is 0. The Hall–Kier alpha value is 2.68. The summed E-state index contributed by atoms with van der Waals surface area (Å²) in [4.78, 5) is 0. The Labute approximate surface area is 71.9 Å². The molecule has 0 N–H and O–H groups in total.